The summed E-state index contributed by atoms with van der Waals surface area (Å²) in [6, 6.07) is 60.6. The first-order valence-corrected chi connectivity index (χ1v) is 17.1. The van der Waals surface area contributed by atoms with Crippen LogP contribution in [0.5, 0.6) is 0 Å². The molecule has 10 aromatic rings. The van der Waals surface area contributed by atoms with Gasteiger partial charge in [-0.05, 0) is 29.8 Å². The fourth-order valence-electron chi connectivity index (χ4n) is 7.25. The number of para-hydroxylation sites is 2. The van der Waals surface area contributed by atoms with E-state index in [0.29, 0.717) is 5.82 Å². The quantitative estimate of drug-likeness (QED) is 0.174. The van der Waals surface area contributed by atoms with Crippen LogP contribution in [0, 0.1) is 0 Å². The second kappa shape index (κ2) is 11.9. The zero-order valence-corrected chi connectivity index (χ0v) is 27.5. The molecular formula is C47H29N3O. The van der Waals surface area contributed by atoms with Crippen LogP contribution in [0.15, 0.2) is 180 Å². The van der Waals surface area contributed by atoms with E-state index in [1.807, 2.05) is 48.5 Å². The molecule has 0 bridgehead atoms. The van der Waals surface area contributed by atoms with Crippen LogP contribution in [0.1, 0.15) is 0 Å². The first-order valence-electron chi connectivity index (χ1n) is 17.1. The molecule has 0 fully saturated rings. The van der Waals surface area contributed by atoms with Gasteiger partial charge in [-0.1, -0.05) is 152 Å². The standard InChI is InChI=1S/C47H29N3O/c1-4-14-31(15-5-1)40-29-41(50-47(49-40)34-18-8-3-9-19-34)32-26-24-30(25-27-32)37-28-38-43(44-36-21-11-13-23-42(36)51-46(37)44)35-20-10-12-22-39(35)48-45(38)33-16-6-2-7-17-33/h1-29H. The Balaban J connectivity index is 1.20. The first kappa shape index (κ1) is 29.0. The van der Waals surface area contributed by atoms with E-state index in [9.17, 15) is 0 Å². The number of pyridine rings is 1. The lowest BCUT2D eigenvalue weighted by atomic mass is 9.91. The van der Waals surface area contributed by atoms with Crippen molar-refractivity contribution < 1.29 is 4.42 Å². The molecule has 0 saturated carbocycles. The molecule has 238 valence electrons. The van der Waals surface area contributed by atoms with Gasteiger partial charge in [0.25, 0.3) is 0 Å². The largest absolute Gasteiger partial charge is 0.455 e. The van der Waals surface area contributed by atoms with Crippen molar-refractivity contribution in [3.8, 4) is 56.3 Å². The Morgan fingerprint density at radius 3 is 1.63 bits per heavy atom. The van der Waals surface area contributed by atoms with Gasteiger partial charge in [-0.3, -0.25) is 0 Å². The monoisotopic (exact) mass is 651 g/mol. The summed E-state index contributed by atoms with van der Waals surface area (Å²) in [6.07, 6.45) is 0. The van der Waals surface area contributed by atoms with Gasteiger partial charge < -0.3 is 4.42 Å². The highest BCUT2D eigenvalue weighted by Gasteiger charge is 2.21. The summed E-state index contributed by atoms with van der Waals surface area (Å²) in [5.74, 6) is 0.697. The Labute approximate surface area is 294 Å². The number of nitrogens with zero attached hydrogens (tertiary/aromatic N) is 3. The van der Waals surface area contributed by atoms with Crippen LogP contribution >= 0.6 is 0 Å². The maximum atomic E-state index is 6.74. The summed E-state index contributed by atoms with van der Waals surface area (Å²) in [5, 5.41) is 5.55. The van der Waals surface area contributed by atoms with E-state index < -0.39 is 0 Å². The van der Waals surface area contributed by atoms with Crippen LogP contribution in [0.25, 0.3) is 99.9 Å². The molecule has 0 aliphatic heterocycles. The summed E-state index contributed by atoms with van der Waals surface area (Å²) in [6.45, 7) is 0. The van der Waals surface area contributed by atoms with Crippen LogP contribution < -0.4 is 0 Å². The van der Waals surface area contributed by atoms with Gasteiger partial charge in [-0.2, -0.15) is 0 Å². The van der Waals surface area contributed by atoms with E-state index in [2.05, 4.69) is 127 Å². The fraction of sp³-hybridized carbons (Fsp3) is 0. The maximum Gasteiger partial charge on any atom is 0.160 e. The first-order chi connectivity index (χ1) is 25.3. The molecule has 0 aliphatic carbocycles. The molecule has 4 heteroatoms. The molecule has 0 aliphatic rings. The van der Waals surface area contributed by atoms with Crippen molar-refractivity contribution in [2.75, 3.05) is 0 Å². The Hall–Kier alpha value is -6.91. The van der Waals surface area contributed by atoms with Crippen LogP contribution in [0.2, 0.25) is 0 Å². The van der Waals surface area contributed by atoms with Gasteiger partial charge in [-0.15, -0.1) is 0 Å². The molecule has 0 saturated heterocycles. The summed E-state index contributed by atoms with van der Waals surface area (Å²) < 4.78 is 6.74. The molecular weight excluding hydrogens is 623 g/mol. The molecule has 0 unspecified atom stereocenters. The predicted octanol–water partition coefficient (Wildman–Crippen LogP) is 12.4. The van der Waals surface area contributed by atoms with E-state index in [-0.39, 0.29) is 0 Å². The summed E-state index contributed by atoms with van der Waals surface area (Å²) in [5.41, 5.74) is 11.6. The molecule has 3 aromatic heterocycles. The highest BCUT2D eigenvalue weighted by atomic mass is 16.3. The van der Waals surface area contributed by atoms with Crippen molar-refractivity contribution in [2.45, 2.75) is 0 Å². The van der Waals surface area contributed by atoms with Crippen molar-refractivity contribution in [3.05, 3.63) is 176 Å². The van der Waals surface area contributed by atoms with E-state index in [4.69, 9.17) is 19.4 Å². The fourth-order valence-corrected chi connectivity index (χ4v) is 7.25. The molecule has 51 heavy (non-hydrogen) atoms. The Bertz CT molecular complexity index is 2820. The van der Waals surface area contributed by atoms with Crippen molar-refractivity contribution >= 4 is 43.6 Å². The van der Waals surface area contributed by atoms with Crippen LogP contribution in [-0.2, 0) is 0 Å². The topological polar surface area (TPSA) is 51.8 Å². The number of furan rings is 1. The van der Waals surface area contributed by atoms with Gasteiger partial charge in [0.2, 0.25) is 0 Å². The highest BCUT2D eigenvalue weighted by Crippen LogP contribution is 2.45. The normalized spacial score (nSPS) is 11.5. The van der Waals surface area contributed by atoms with Crippen LogP contribution in [0.4, 0.5) is 0 Å². The molecule has 10 rings (SSSR count). The second-order valence-corrected chi connectivity index (χ2v) is 12.8. The number of benzene rings is 7. The van der Waals surface area contributed by atoms with Gasteiger partial charge in [-0.25, -0.2) is 15.0 Å². The molecule has 7 aromatic carbocycles. The van der Waals surface area contributed by atoms with Gasteiger partial charge in [0, 0.05) is 54.7 Å². The molecule has 3 heterocycles. The van der Waals surface area contributed by atoms with Gasteiger partial charge in [0.1, 0.15) is 11.2 Å². The molecule has 0 radical (unpaired) electrons. The average Bonchev–Trinajstić information content (AvgIpc) is 3.61. The van der Waals surface area contributed by atoms with E-state index >= 15 is 0 Å². The van der Waals surface area contributed by atoms with Gasteiger partial charge in [0.15, 0.2) is 5.82 Å². The third kappa shape index (κ3) is 4.96. The Morgan fingerprint density at radius 1 is 0.373 bits per heavy atom. The third-order valence-corrected chi connectivity index (χ3v) is 9.68. The third-order valence-electron chi connectivity index (χ3n) is 9.68. The summed E-state index contributed by atoms with van der Waals surface area (Å²) in [4.78, 5) is 15.3. The van der Waals surface area contributed by atoms with Gasteiger partial charge in [0.05, 0.1) is 22.6 Å². The molecule has 0 spiro atoms. The van der Waals surface area contributed by atoms with E-state index in [0.717, 1.165) is 94.1 Å². The molecule has 0 N–H and O–H groups in total. The van der Waals surface area contributed by atoms with E-state index in [1.165, 1.54) is 0 Å². The van der Waals surface area contributed by atoms with Crippen molar-refractivity contribution in [1.29, 1.82) is 0 Å². The Morgan fingerprint density at radius 2 is 0.922 bits per heavy atom. The predicted molar refractivity (Wildman–Crippen MR) is 209 cm³/mol. The van der Waals surface area contributed by atoms with Crippen molar-refractivity contribution in [3.63, 3.8) is 0 Å². The zero-order valence-electron chi connectivity index (χ0n) is 27.5. The lowest BCUT2D eigenvalue weighted by molar-refractivity contribution is 0.670. The lowest BCUT2D eigenvalue weighted by Crippen LogP contribution is -1.96. The van der Waals surface area contributed by atoms with Crippen molar-refractivity contribution in [2.24, 2.45) is 0 Å². The number of aromatic nitrogens is 3. The van der Waals surface area contributed by atoms with Crippen LogP contribution in [-0.4, -0.2) is 15.0 Å². The number of hydrogen-bond donors (Lipinski definition) is 0. The number of fused-ring (bicyclic) bond motifs is 7. The van der Waals surface area contributed by atoms with Crippen LogP contribution in [0.3, 0.4) is 0 Å². The maximum absolute atomic E-state index is 6.74. The second-order valence-electron chi connectivity index (χ2n) is 12.8. The van der Waals surface area contributed by atoms with Crippen molar-refractivity contribution in [1.82, 2.24) is 15.0 Å². The van der Waals surface area contributed by atoms with Gasteiger partial charge >= 0.3 is 0 Å². The van der Waals surface area contributed by atoms with E-state index in [1.54, 1.807) is 0 Å². The highest BCUT2D eigenvalue weighted by molar-refractivity contribution is 6.30. The molecule has 0 atom stereocenters. The zero-order chi connectivity index (χ0) is 33.7. The minimum Gasteiger partial charge on any atom is -0.455 e. The smallest absolute Gasteiger partial charge is 0.160 e. The Kier molecular flexibility index (Phi) is 6.78. The lowest BCUT2D eigenvalue weighted by Gasteiger charge is -2.14. The molecule has 4 nitrogen and oxygen atoms in total. The SMILES string of the molecule is c1ccc(-c2cc(-c3ccc(-c4cc5c(-c6ccccc6)nc6ccccc6c5c5c4oc4ccccc45)cc3)nc(-c3ccccc3)n2)cc1. The summed E-state index contributed by atoms with van der Waals surface area (Å²) in [7, 11) is 0. The molecule has 0 amide bonds. The average molecular weight is 652 g/mol. The number of hydrogen-bond acceptors (Lipinski definition) is 4. The minimum absolute atomic E-state index is 0.697. The minimum atomic E-state index is 0.697. The number of rotatable bonds is 5. The summed E-state index contributed by atoms with van der Waals surface area (Å²) >= 11 is 0.